The highest BCUT2D eigenvalue weighted by molar-refractivity contribution is 5.94. The minimum atomic E-state index is -1.41. The zero-order valence-electron chi connectivity index (χ0n) is 34.8. The molecule has 0 radical (unpaired) electrons. The molecule has 1 rings (SSSR count). The fraction of sp³-hybridized carbons (Fsp3) is 0.684. The lowest BCUT2D eigenvalue weighted by Crippen LogP contribution is -2.58. The van der Waals surface area contributed by atoms with Gasteiger partial charge in [0.25, 0.3) is 0 Å². The first-order chi connectivity index (χ1) is 28.0. The quantitative estimate of drug-likeness (QED) is 0.0449. The average molecular weight is 844 g/mol. The summed E-state index contributed by atoms with van der Waals surface area (Å²) in [5.74, 6) is -1.76. The summed E-state index contributed by atoms with van der Waals surface area (Å²) < 4.78 is 33.0. The van der Waals surface area contributed by atoms with Crippen LogP contribution < -0.4 is 42.4 Å². The van der Waals surface area contributed by atoms with Crippen molar-refractivity contribution in [1.82, 2.24) is 31.9 Å². The Morgan fingerprint density at radius 1 is 0.610 bits per heavy atom. The summed E-state index contributed by atoms with van der Waals surface area (Å²) in [6, 6.07) is 2.87. The van der Waals surface area contributed by atoms with Crippen molar-refractivity contribution >= 4 is 35.9 Å². The lowest BCUT2D eigenvalue weighted by molar-refractivity contribution is -0.133. The lowest BCUT2D eigenvalue weighted by Gasteiger charge is -2.26. The van der Waals surface area contributed by atoms with Gasteiger partial charge >= 0.3 is 18.2 Å². The lowest BCUT2D eigenvalue weighted by atomic mass is 10.0. The Balaban J connectivity index is 2.71. The van der Waals surface area contributed by atoms with Gasteiger partial charge in [-0.3, -0.25) is 14.4 Å². The molecule has 21 nitrogen and oxygen atoms in total. The van der Waals surface area contributed by atoms with Gasteiger partial charge in [-0.2, -0.15) is 0 Å². The van der Waals surface area contributed by atoms with Gasteiger partial charge in [0.2, 0.25) is 17.7 Å². The summed E-state index contributed by atoms with van der Waals surface area (Å²) in [6.07, 6.45) is -2.17. The number of primary amides is 1. The maximum absolute atomic E-state index is 13.7. The average Bonchev–Trinajstić information content (AvgIpc) is 3.15. The van der Waals surface area contributed by atoms with Crippen molar-refractivity contribution in [3.63, 3.8) is 0 Å². The first kappa shape index (κ1) is 52.1. The minimum Gasteiger partial charge on any atom is -0.488 e. The molecule has 1 aromatic carbocycles. The topological polar surface area (TPSA) is 296 Å². The summed E-state index contributed by atoms with van der Waals surface area (Å²) in [5, 5.41) is 32.6. The van der Waals surface area contributed by atoms with E-state index in [9.17, 15) is 33.9 Å². The smallest absolute Gasteiger partial charge is 0.405 e. The van der Waals surface area contributed by atoms with Gasteiger partial charge in [0.1, 0.15) is 29.5 Å². The van der Waals surface area contributed by atoms with Crippen molar-refractivity contribution in [2.75, 3.05) is 85.7 Å². The molecular weight excluding hydrogens is 778 g/mol. The molecule has 0 heterocycles. The maximum Gasteiger partial charge on any atom is 0.405 e. The van der Waals surface area contributed by atoms with Gasteiger partial charge < -0.3 is 76.3 Å². The van der Waals surface area contributed by atoms with E-state index in [0.29, 0.717) is 51.0 Å². The van der Waals surface area contributed by atoms with Crippen molar-refractivity contribution in [2.24, 2.45) is 11.7 Å². The largest absolute Gasteiger partial charge is 0.488 e. The third-order valence-corrected chi connectivity index (χ3v) is 7.81. The van der Waals surface area contributed by atoms with E-state index in [0.717, 1.165) is 0 Å². The number of ether oxygens (including phenoxy) is 6. The van der Waals surface area contributed by atoms with Gasteiger partial charge in [0, 0.05) is 26.1 Å². The second-order valence-electron chi connectivity index (χ2n) is 14.4. The Hall–Kier alpha value is -4.96. The van der Waals surface area contributed by atoms with E-state index in [1.165, 1.54) is 0 Å². The van der Waals surface area contributed by atoms with Gasteiger partial charge in [-0.15, -0.1) is 0 Å². The monoisotopic (exact) mass is 843 g/mol. The normalized spacial score (nSPS) is 12.8. The van der Waals surface area contributed by atoms with Crippen LogP contribution in [0.4, 0.5) is 14.4 Å². The van der Waals surface area contributed by atoms with E-state index >= 15 is 0 Å². The van der Waals surface area contributed by atoms with Crippen molar-refractivity contribution in [2.45, 2.75) is 77.6 Å². The van der Waals surface area contributed by atoms with Crippen LogP contribution in [0.2, 0.25) is 0 Å². The number of carboxylic acid groups (broad SMARTS) is 2. The van der Waals surface area contributed by atoms with E-state index in [2.05, 4.69) is 31.9 Å². The Bertz CT molecular complexity index is 1400. The number of amides is 7. The Labute approximate surface area is 345 Å². The van der Waals surface area contributed by atoms with Crippen molar-refractivity contribution in [3.8, 4) is 5.75 Å². The second kappa shape index (κ2) is 30.1. The number of hydrogen-bond acceptors (Lipinski definition) is 12. The van der Waals surface area contributed by atoms with Crippen LogP contribution in [-0.2, 0) is 44.5 Å². The predicted octanol–water partition coefficient (Wildman–Crippen LogP) is 0.584. The van der Waals surface area contributed by atoms with Crippen LogP contribution in [-0.4, -0.2) is 156 Å². The molecule has 0 spiro atoms. The summed E-state index contributed by atoms with van der Waals surface area (Å²) in [7, 11) is 0. The molecule has 0 fully saturated rings. The van der Waals surface area contributed by atoms with Gasteiger partial charge in [-0.25, -0.2) is 14.4 Å². The molecule has 1 aromatic rings. The van der Waals surface area contributed by atoms with Crippen LogP contribution in [0.15, 0.2) is 24.3 Å². The van der Waals surface area contributed by atoms with Gasteiger partial charge in [0.15, 0.2) is 0 Å². The molecule has 3 atom stereocenters. The highest BCUT2D eigenvalue weighted by atomic mass is 16.6. The van der Waals surface area contributed by atoms with E-state index in [-0.39, 0.29) is 65.3 Å². The number of rotatable bonds is 32. The molecule has 0 aliphatic rings. The Morgan fingerprint density at radius 3 is 1.56 bits per heavy atom. The van der Waals surface area contributed by atoms with Crippen molar-refractivity contribution < 1.29 is 67.4 Å². The van der Waals surface area contributed by atoms with Crippen LogP contribution in [0.1, 0.15) is 53.0 Å². The first-order valence-corrected chi connectivity index (χ1v) is 19.5. The summed E-state index contributed by atoms with van der Waals surface area (Å²) in [6.45, 7) is 12.5. The van der Waals surface area contributed by atoms with Gasteiger partial charge in [-0.05, 0) is 57.2 Å². The molecule has 59 heavy (non-hydrogen) atoms. The zero-order valence-corrected chi connectivity index (χ0v) is 34.8. The van der Waals surface area contributed by atoms with Crippen LogP contribution >= 0.6 is 0 Å². The summed E-state index contributed by atoms with van der Waals surface area (Å²) in [4.78, 5) is 73.4. The molecule has 21 heteroatoms. The minimum absolute atomic E-state index is 0.0352. The van der Waals surface area contributed by atoms with E-state index in [1.54, 1.807) is 38.1 Å². The van der Waals surface area contributed by atoms with E-state index in [1.807, 2.05) is 20.8 Å². The first-order valence-electron chi connectivity index (χ1n) is 19.5. The number of carbonyl (C=O) groups is 6. The number of carbonyl (C=O) groups excluding carboxylic acids is 4. The van der Waals surface area contributed by atoms with Crippen LogP contribution in [0, 0.1) is 5.92 Å². The molecule has 0 aliphatic heterocycles. The molecule has 0 bridgehead atoms. The standard InChI is InChI=1S/C38H65N7O14/c1-26(2)31(45-37(52)53)34(48)43-29(7-6-12-41-35(39)49)33(47)44-30(25-27-8-10-28(11-9-27)59-38(3,4)5)32(46)40-13-15-54-17-19-56-21-23-58-24-22-57-20-18-55-16-14-42-36(50)51/h8-11,26,29-31,42,45H,6-7,12-25H2,1-5H3,(H,40,46)(H,43,48)(H,44,47)(H,50,51)(H,52,53)(H3,39,41,49). The second-order valence-corrected chi connectivity index (χ2v) is 14.4. The van der Waals surface area contributed by atoms with Crippen LogP contribution in [0.3, 0.4) is 0 Å². The summed E-state index contributed by atoms with van der Waals surface area (Å²) in [5.41, 5.74) is 5.44. The third kappa shape index (κ3) is 27.4. The molecule has 336 valence electrons. The Morgan fingerprint density at radius 2 is 1.10 bits per heavy atom. The van der Waals surface area contributed by atoms with Crippen LogP contribution in [0.5, 0.6) is 5.75 Å². The molecular formula is C38H65N7O14. The molecule has 0 saturated carbocycles. The molecule has 7 amide bonds. The SMILES string of the molecule is CC(C)C(NC(=O)O)C(=O)NC(CCCNC(N)=O)C(=O)NC(Cc1ccc(OC(C)(C)C)cc1)C(=O)NCCOCCOCCOCCOCCOCCNC(=O)O. The highest BCUT2D eigenvalue weighted by Gasteiger charge is 2.31. The molecule has 0 saturated heterocycles. The zero-order chi connectivity index (χ0) is 44.1. The number of hydrogen-bond donors (Lipinski definition) is 9. The molecule has 0 aliphatic carbocycles. The highest BCUT2D eigenvalue weighted by Crippen LogP contribution is 2.19. The van der Waals surface area contributed by atoms with Crippen molar-refractivity contribution in [1.29, 1.82) is 0 Å². The fourth-order valence-electron chi connectivity index (χ4n) is 5.06. The van der Waals surface area contributed by atoms with Gasteiger partial charge in [-0.1, -0.05) is 26.0 Å². The Kier molecular flexibility index (Phi) is 26.6. The van der Waals surface area contributed by atoms with Gasteiger partial charge in [0.05, 0.1) is 66.1 Å². The summed E-state index contributed by atoms with van der Waals surface area (Å²) >= 11 is 0. The van der Waals surface area contributed by atoms with E-state index < -0.39 is 65.6 Å². The van der Waals surface area contributed by atoms with E-state index in [4.69, 9.17) is 39.3 Å². The number of benzene rings is 1. The number of urea groups is 1. The number of nitrogens with two attached hydrogens (primary N) is 1. The molecule has 3 unspecified atom stereocenters. The number of nitrogens with one attached hydrogen (secondary N) is 6. The maximum atomic E-state index is 13.7. The van der Waals surface area contributed by atoms with Crippen molar-refractivity contribution in [3.05, 3.63) is 29.8 Å². The fourth-order valence-corrected chi connectivity index (χ4v) is 5.06. The predicted molar refractivity (Wildman–Crippen MR) is 214 cm³/mol. The molecule has 0 aromatic heterocycles. The molecule has 10 N–H and O–H groups in total. The third-order valence-electron chi connectivity index (χ3n) is 7.81. The van der Waals surface area contributed by atoms with Crippen LogP contribution in [0.25, 0.3) is 0 Å².